The van der Waals surface area contributed by atoms with Crippen molar-refractivity contribution in [3.63, 3.8) is 0 Å². The van der Waals surface area contributed by atoms with Crippen LogP contribution in [-0.4, -0.2) is 12.1 Å². The summed E-state index contributed by atoms with van der Waals surface area (Å²) in [5.74, 6) is 1.88. The lowest BCUT2D eigenvalue weighted by atomic mass is 10.0. The van der Waals surface area contributed by atoms with Gasteiger partial charge in [0.15, 0.2) is 0 Å². The summed E-state index contributed by atoms with van der Waals surface area (Å²) in [5.41, 5.74) is 7.62. The van der Waals surface area contributed by atoms with Crippen molar-refractivity contribution in [1.29, 1.82) is 5.41 Å². The van der Waals surface area contributed by atoms with E-state index in [1.807, 2.05) is 36.6 Å². The third kappa shape index (κ3) is 3.58. The number of benzene rings is 2. The number of ether oxygens (including phenoxy) is 1. The molecule has 21 heavy (non-hydrogen) atoms. The molecular weight excluding hydrogens is 280 g/mol. The van der Waals surface area contributed by atoms with Crippen molar-refractivity contribution >= 4 is 17.6 Å². The molecule has 0 saturated carbocycles. The van der Waals surface area contributed by atoms with Crippen LogP contribution in [0.5, 0.6) is 11.5 Å². The van der Waals surface area contributed by atoms with Gasteiger partial charge in [-0.2, -0.15) is 0 Å². The average Bonchev–Trinajstić information content (AvgIpc) is 2.47. The molecule has 2 aromatic rings. The van der Waals surface area contributed by atoms with Gasteiger partial charge in [-0.1, -0.05) is 32.0 Å². The van der Waals surface area contributed by atoms with Crippen LogP contribution in [-0.2, 0) is 0 Å². The Morgan fingerprint density at radius 2 is 1.81 bits per heavy atom. The maximum absolute atomic E-state index is 7.76. The summed E-state index contributed by atoms with van der Waals surface area (Å²) in [6.07, 6.45) is 1.96. The Balaban J connectivity index is 2.33. The van der Waals surface area contributed by atoms with Crippen LogP contribution in [0.3, 0.4) is 0 Å². The summed E-state index contributed by atoms with van der Waals surface area (Å²) in [6.45, 7) is 4.32. The summed E-state index contributed by atoms with van der Waals surface area (Å²) in [5, 5.41) is 7.76. The number of hydrogen-bond acceptors (Lipinski definition) is 3. The Kier molecular flexibility index (Phi) is 4.91. The number of nitrogens with two attached hydrogens (primary N) is 1. The second-order valence-corrected chi connectivity index (χ2v) is 5.92. The van der Waals surface area contributed by atoms with Crippen LogP contribution in [0.1, 0.15) is 30.9 Å². The van der Waals surface area contributed by atoms with Crippen molar-refractivity contribution in [2.24, 2.45) is 5.73 Å². The molecule has 0 spiro atoms. The lowest BCUT2D eigenvalue weighted by Gasteiger charge is -2.14. The van der Waals surface area contributed by atoms with Crippen molar-refractivity contribution in [3.8, 4) is 11.5 Å². The van der Waals surface area contributed by atoms with Gasteiger partial charge in [0.2, 0.25) is 0 Å². The molecule has 0 aliphatic carbocycles. The van der Waals surface area contributed by atoms with Crippen LogP contribution >= 0.6 is 11.8 Å². The average molecular weight is 300 g/mol. The molecule has 2 rings (SSSR count). The minimum absolute atomic E-state index is 0.0220. The predicted molar refractivity (Wildman–Crippen MR) is 89.8 cm³/mol. The Labute approximate surface area is 130 Å². The molecule has 4 heteroatoms. The van der Waals surface area contributed by atoms with Gasteiger partial charge in [0.1, 0.15) is 17.3 Å². The van der Waals surface area contributed by atoms with E-state index < -0.39 is 0 Å². The van der Waals surface area contributed by atoms with Crippen molar-refractivity contribution in [2.45, 2.75) is 24.7 Å². The Morgan fingerprint density at radius 1 is 1.14 bits per heavy atom. The summed E-state index contributed by atoms with van der Waals surface area (Å²) in [7, 11) is 0. The first-order valence-corrected chi connectivity index (χ1v) is 8.04. The highest BCUT2D eigenvalue weighted by atomic mass is 32.2. The molecule has 0 fully saturated rings. The highest BCUT2D eigenvalue weighted by molar-refractivity contribution is 7.98. The summed E-state index contributed by atoms with van der Waals surface area (Å²) < 4.78 is 5.91. The van der Waals surface area contributed by atoms with Crippen molar-refractivity contribution in [2.75, 3.05) is 6.26 Å². The molecule has 110 valence electrons. The molecular formula is C17H20N2OS. The molecule has 3 N–H and O–H groups in total. The maximum Gasteiger partial charge on any atom is 0.139 e. The fraction of sp³-hybridized carbons (Fsp3) is 0.235. The van der Waals surface area contributed by atoms with Gasteiger partial charge in [-0.25, -0.2) is 0 Å². The third-order valence-corrected chi connectivity index (χ3v) is 4.03. The summed E-state index contributed by atoms with van der Waals surface area (Å²) >= 11 is 1.55. The lowest BCUT2D eigenvalue weighted by Crippen LogP contribution is -2.13. The van der Waals surface area contributed by atoms with Crippen LogP contribution in [0.15, 0.2) is 47.4 Å². The van der Waals surface area contributed by atoms with Crippen LogP contribution in [0.4, 0.5) is 0 Å². The number of amidine groups is 1. The van der Waals surface area contributed by atoms with Gasteiger partial charge in [0, 0.05) is 4.90 Å². The monoisotopic (exact) mass is 300 g/mol. The van der Waals surface area contributed by atoms with Crippen LogP contribution in [0.25, 0.3) is 0 Å². The zero-order valence-electron chi connectivity index (χ0n) is 12.5. The van der Waals surface area contributed by atoms with E-state index >= 15 is 0 Å². The number of rotatable bonds is 5. The Morgan fingerprint density at radius 3 is 2.33 bits per heavy atom. The van der Waals surface area contributed by atoms with Gasteiger partial charge in [-0.15, -0.1) is 11.8 Å². The molecule has 0 radical (unpaired) electrons. The fourth-order valence-corrected chi connectivity index (χ4v) is 2.71. The molecule has 0 heterocycles. The topological polar surface area (TPSA) is 59.1 Å². The first-order chi connectivity index (χ1) is 10.0. The van der Waals surface area contributed by atoms with Gasteiger partial charge < -0.3 is 10.5 Å². The molecule has 0 atom stereocenters. The fourth-order valence-electron chi connectivity index (χ4n) is 2.08. The van der Waals surface area contributed by atoms with Gasteiger partial charge in [0.25, 0.3) is 0 Å². The largest absolute Gasteiger partial charge is 0.457 e. The van der Waals surface area contributed by atoms with Gasteiger partial charge in [-0.3, -0.25) is 5.41 Å². The summed E-state index contributed by atoms with van der Waals surface area (Å²) in [4.78, 5) is 0.943. The number of hydrogen-bond donors (Lipinski definition) is 2. The second-order valence-electron chi connectivity index (χ2n) is 5.07. The second kappa shape index (κ2) is 6.68. The molecule has 0 aliphatic rings. The van der Waals surface area contributed by atoms with E-state index in [4.69, 9.17) is 15.9 Å². The van der Waals surface area contributed by atoms with Crippen LogP contribution in [0.2, 0.25) is 0 Å². The summed E-state index contributed by atoms with van der Waals surface area (Å²) in [6, 6.07) is 13.7. The third-order valence-electron chi connectivity index (χ3n) is 3.25. The normalized spacial score (nSPS) is 10.7. The van der Waals surface area contributed by atoms with E-state index in [2.05, 4.69) is 26.0 Å². The van der Waals surface area contributed by atoms with Crippen molar-refractivity contribution < 1.29 is 4.74 Å². The quantitative estimate of drug-likeness (QED) is 0.481. The smallest absolute Gasteiger partial charge is 0.139 e. The SMILES string of the molecule is CSc1cccc(Oc2ccc(C(C)C)cc2)c1C(=N)N. The maximum atomic E-state index is 7.76. The first kappa shape index (κ1) is 15.4. The van der Waals surface area contributed by atoms with E-state index in [9.17, 15) is 0 Å². The lowest BCUT2D eigenvalue weighted by molar-refractivity contribution is 0.479. The highest BCUT2D eigenvalue weighted by Crippen LogP contribution is 2.32. The predicted octanol–water partition coefficient (Wildman–Crippen LogP) is 4.61. The number of nitrogens with one attached hydrogen (secondary N) is 1. The molecule has 3 nitrogen and oxygen atoms in total. The zero-order valence-corrected chi connectivity index (χ0v) is 13.3. The number of thioether (sulfide) groups is 1. The Hall–Kier alpha value is -1.94. The van der Waals surface area contributed by atoms with E-state index in [0.717, 1.165) is 10.6 Å². The van der Waals surface area contributed by atoms with E-state index in [1.54, 1.807) is 11.8 Å². The van der Waals surface area contributed by atoms with E-state index in [-0.39, 0.29) is 5.84 Å². The minimum Gasteiger partial charge on any atom is -0.457 e. The van der Waals surface area contributed by atoms with Crippen molar-refractivity contribution in [3.05, 3.63) is 53.6 Å². The number of nitrogen functional groups attached to an aromatic ring is 1. The zero-order chi connectivity index (χ0) is 15.4. The van der Waals surface area contributed by atoms with Crippen molar-refractivity contribution in [1.82, 2.24) is 0 Å². The molecule has 2 aromatic carbocycles. The highest BCUT2D eigenvalue weighted by Gasteiger charge is 2.12. The minimum atomic E-state index is 0.0220. The Bertz CT molecular complexity index is 636. The van der Waals surface area contributed by atoms with Crippen LogP contribution in [0, 0.1) is 5.41 Å². The molecule has 0 bridgehead atoms. The van der Waals surface area contributed by atoms with E-state index in [0.29, 0.717) is 17.2 Å². The molecule has 0 aromatic heterocycles. The van der Waals surface area contributed by atoms with Gasteiger partial charge >= 0.3 is 0 Å². The van der Waals surface area contributed by atoms with Gasteiger partial charge in [0.05, 0.1) is 5.56 Å². The molecule has 0 aliphatic heterocycles. The van der Waals surface area contributed by atoms with E-state index in [1.165, 1.54) is 5.56 Å². The van der Waals surface area contributed by atoms with Crippen LogP contribution < -0.4 is 10.5 Å². The standard InChI is InChI=1S/C17H20N2OS/c1-11(2)12-7-9-13(10-8-12)20-14-5-4-6-15(21-3)16(14)17(18)19/h4-11H,1-3H3,(H3,18,19). The molecule has 0 saturated heterocycles. The first-order valence-electron chi connectivity index (χ1n) is 6.82. The molecule has 0 amide bonds. The van der Waals surface area contributed by atoms with Gasteiger partial charge in [-0.05, 0) is 42.0 Å². The molecule has 0 unspecified atom stereocenters.